The summed E-state index contributed by atoms with van der Waals surface area (Å²) in [5.41, 5.74) is 2.34. The molecule has 8 heteroatoms. The number of hydrogen-bond donors (Lipinski definition) is 1. The third-order valence-corrected chi connectivity index (χ3v) is 6.64. The van der Waals surface area contributed by atoms with Crippen molar-refractivity contribution in [3.8, 4) is 0 Å². The molecule has 28 heavy (non-hydrogen) atoms. The number of para-hydroxylation sites is 1. The molecule has 0 atom stereocenters. The maximum atomic E-state index is 12.9. The van der Waals surface area contributed by atoms with E-state index in [0.29, 0.717) is 23.8 Å². The molecule has 0 spiro atoms. The van der Waals surface area contributed by atoms with Crippen molar-refractivity contribution in [3.63, 3.8) is 0 Å². The van der Waals surface area contributed by atoms with Gasteiger partial charge in [0.25, 0.3) is 5.91 Å². The number of anilines is 1. The van der Waals surface area contributed by atoms with E-state index < -0.39 is 0 Å². The minimum absolute atomic E-state index is 0.00278. The number of H-pyrrole nitrogens is 1. The number of hydrogen-bond acceptors (Lipinski definition) is 4. The first kappa shape index (κ1) is 17.8. The highest BCUT2D eigenvalue weighted by Crippen LogP contribution is 2.31. The van der Waals surface area contributed by atoms with Crippen molar-refractivity contribution in [1.82, 2.24) is 14.9 Å². The average Bonchev–Trinajstić information content (AvgIpc) is 3.32. The van der Waals surface area contributed by atoms with Gasteiger partial charge in [-0.3, -0.25) is 4.79 Å². The summed E-state index contributed by atoms with van der Waals surface area (Å²) in [6.07, 6.45) is 0. The summed E-state index contributed by atoms with van der Waals surface area (Å²) in [6, 6.07) is 13.3. The van der Waals surface area contributed by atoms with Crippen molar-refractivity contribution in [2.75, 3.05) is 31.1 Å². The van der Waals surface area contributed by atoms with Gasteiger partial charge in [-0.2, -0.15) is 0 Å². The molecule has 1 saturated heterocycles. The van der Waals surface area contributed by atoms with Crippen molar-refractivity contribution in [2.24, 2.45) is 0 Å². The largest absolute Gasteiger partial charge is 0.349 e. The van der Waals surface area contributed by atoms with Crippen LogP contribution in [0.2, 0.25) is 10.0 Å². The van der Waals surface area contributed by atoms with E-state index in [1.54, 1.807) is 11.3 Å². The summed E-state index contributed by atoms with van der Waals surface area (Å²) >= 11 is 13.9. The fraction of sp³-hybridized carbons (Fsp3) is 0.200. The fourth-order valence-electron chi connectivity index (χ4n) is 3.53. The number of halogens is 2. The van der Waals surface area contributed by atoms with Crippen LogP contribution in [-0.2, 0) is 0 Å². The number of nitrogens with one attached hydrogen (secondary N) is 1. The lowest BCUT2D eigenvalue weighted by Gasteiger charge is -2.34. The van der Waals surface area contributed by atoms with E-state index in [4.69, 9.17) is 28.2 Å². The number of carbonyl (C=O) groups excluding carboxylic acids is 1. The van der Waals surface area contributed by atoms with Gasteiger partial charge in [-0.25, -0.2) is 4.98 Å². The van der Waals surface area contributed by atoms with Crippen molar-refractivity contribution >= 4 is 66.7 Å². The van der Waals surface area contributed by atoms with Gasteiger partial charge in [0, 0.05) is 36.6 Å². The molecule has 0 bridgehead atoms. The quantitative estimate of drug-likeness (QED) is 0.484. The molecule has 1 N–H and O–H groups in total. The van der Waals surface area contributed by atoms with Crippen LogP contribution in [0.25, 0.3) is 21.1 Å². The number of thiazole rings is 1. The van der Waals surface area contributed by atoms with Crippen LogP contribution >= 0.6 is 34.5 Å². The van der Waals surface area contributed by atoms with E-state index in [1.807, 2.05) is 47.4 Å². The summed E-state index contributed by atoms with van der Waals surface area (Å²) in [5, 5.41) is 3.26. The van der Waals surface area contributed by atoms with Crippen LogP contribution in [-0.4, -0.2) is 47.0 Å². The lowest BCUT2D eigenvalue weighted by atomic mass is 10.2. The highest BCUT2D eigenvalue weighted by atomic mass is 35.5. The summed E-state index contributed by atoms with van der Waals surface area (Å²) in [7, 11) is 0. The van der Waals surface area contributed by atoms with Crippen molar-refractivity contribution in [3.05, 3.63) is 58.2 Å². The number of benzene rings is 2. The SMILES string of the molecule is O=C(c1cc2cccc(Cl)c2[nH]1)N1CCN(c2nc3ccc(Cl)cc3s2)CC1. The fourth-order valence-corrected chi connectivity index (χ4v) is 5.05. The molecule has 3 heterocycles. The molecule has 0 unspecified atom stereocenters. The normalized spacial score (nSPS) is 14.9. The Hall–Kier alpha value is -2.28. The first-order valence-electron chi connectivity index (χ1n) is 8.96. The molecular weight excluding hydrogens is 415 g/mol. The van der Waals surface area contributed by atoms with Crippen molar-refractivity contribution < 1.29 is 4.79 Å². The van der Waals surface area contributed by atoms with E-state index in [0.717, 1.165) is 44.4 Å². The van der Waals surface area contributed by atoms with Crippen LogP contribution in [0.4, 0.5) is 5.13 Å². The van der Waals surface area contributed by atoms with Gasteiger partial charge in [-0.1, -0.05) is 46.7 Å². The number of amides is 1. The summed E-state index contributed by atoms with van der Waals surface area (Å²) < 4.78 is 1.08. The Balaban J connectivity index is 1.31. The van der Waals surface area contributed by atoms with Crippen molar-refractivity contribution in [1.29, 1.82) is 0 Å². The predicted molar refractivity (Wildman–Crippen MR) is 116 cm³/mol. The number of piperazine rings is 1. The van der Waals surface area contributed by atoms with Gasteiger partial charge in [-0.05, 0) is 30.3 Å². The van der Waals surface area contributed by atoms with E-state index in [9.17, 15) is 4.79 Å². The van der Waals surface area contributed by atoms with Crippen LogP contribution in [0.3, 0.4) is 0 Å². The summed E-state index contributed by atoms with van der Waals surface area (Å²) in [6.45, 7) is 2.80. The molecule has 1 amide bonds. The highest BCUT2D eigenvalue weighted by Gasteiger charge is 2.25. The average molecular weight is 431 g/mol. The Bertz CT molecular complexity index is 1190. The Morgan fingerprint density at radius 3 is 2.68 bits per heavy atom. The van der Waals surface area contributed by atoms with Gasteiger partial charge >= 0.3 is 0 Å². The van der Waals surface area contributed by atoms with E-state index >= 15 is 0 Å². The molecule has 2 aromatic carbocycles. The molecule has 2 aromatic heterocycles. The lowest BCUT2D eigenvalue weighted by molar-refractivity contribution is 0.0742. The maximum absolute atomic E-state index is 12.9. The van der Waals surface area contributed by atoms with Crippen molar-refractivity contribution in [2.45, 2.75) is 0 Å². The third kappa shape index (κ3) is 3.11. The minimum atomic E-state index is 0.00278. The number of carbonyl (C=O) groups is 1. The second kappa shape index (κ2) is 6.95. The molecule has 1 aliphatic heterocycles. The van der Waals surface area contributed by atoms with Gasteiger partial charge in [-0.15, -0.1) is 0 Å². The highest BCUT2D eigenvalue weighted by molar-refractivity contribution is 7.22. The van der Waals surface area contributed by atoms with Crippen LogP contribution < -0.4 is 4.90 Å². The maximum Gasteiger partial charge on any atom is 0.270 e. The number of rotatable bonds is 2. The van der Waals surface area contributed by atoms with E-state index in [1.165, 1.54) is 0 Å². The number of nitrogens with zero attached hydrogens (tertiary/aromatic N) is 3. The Labute approximate surface area is 175 Å². The zero-order valence-electron chi connectivity index (χ0n) is 14.8. The molecule has 0 saturated carbocycles. The van der Waals surface area contributed by atoms with Crippen LogP contribution in [0.5, 0.6) is 0 Å². The minimum Gasteiger partial charge on any atom is -0.349 e. The summed E-state index contributed by atoms with van der Waals surface area (Å²) in [5.74, 6) is 0.00278. The monoisotopic (exact) mass is 430 g/mol. The predicted octanol–water partition coefficient (Wildman–Crippen LogP) is 5.05. The van der Waals surface area contributed by atoms with Gasteiger partial charge < -0.3 is 14.8 Å². The second-order valence-electron chi connectivity index (χ2n) is 6.77. The molecule has 5 nitrogen and oxygen atoms in total. The molecule has 5 rings (SSSR count). The van der Waals surface area contributed by atoms with Crippen LogP contribution in [0.15, 0.2) is 42.5 Å². The molecule has 4 aromatic rings. The molecule has 1 aliphatic rings. The first-order chi connectivity index (χ1) is 13.6. The standard InChI is InChI=1S/C20H16Cl2N4OS/c21-13-4-5-15-17(11-13)28-20(24-15)26-8-6-25(7-9-26)19(27)16-10-12-2-1-3-14(22)18(12)23-16/h1-5,10-11,23H,6-9H2. The topological polar surface area (TPSA) is 52.2 Å². The first-order valence-corrected chi connectivity index (χ1v) is 10.5. The number of fused-ring (bicyclic) bond motifs is 2. The molecular formula is C20H16Cl2N4OS. The molecule has 142 valence electrons. The number of aromatic amines is 1. The van der Waals surface area contributed by atoms with Crippen LogP contribution in [0, 0.1) is 0 Å². The lowest BCUT2D eigenvalue weighted by Crippen LogP contribution is -2.48. The molecule has 1 fully saturated rings. The van der Waals surface area contributed by atoms with Gasteiger partial charge in [0.1, 0.15) is 5.69 Å². The zero-order chi connectivity index (χ0) is 19.3. The third-order valence-electron chi connectivity index (χ3n) is 5.01. The summed E-state index contributed by atoms with van der Waals surface area (Å²) in [4.78, 5) is 24.9. The second-order valence-corrected chi connectivity index (χ2v) is 8.63. The molecule has 0 aliphatic carbocycles. The smallest absolute Gasteiger partial charge is 0.270 e. The van der Waals surface area contributed by atoms with Gasteiger partial charge in [0.15, 0.2) is 5.13 Å². The Morgan fingerprint density at radius 2 is 1.89 bits per heavy atom. The molecule has 0 radical (unpaired) electrons. The Morgan fingerprint density at radius 1 is 1.07 bits per heavy atom. The van der Waals surface area contributed by atoms with Gasteiger partial charge in [0.05, 0.1) is 20.8 Å². The zero-order valence-corrected chi connectivity index (χ0v) is 17.1. The van der Waals surface area contributed by atoms with E-state index in [2.05, 4.69) is 9.88 Å². The van der Waals surface area contributed by atoms with Crippen LogP contribution in [0.1, 0.15) is 10.5 Å². The van der Waals surface area contributed by atoms with E-state index in [-0.39, 0.29) is 5.91 Å². The number of aromatic nitrogens is 2. The Kier molecular flexibility index (Phi) is 4.42. The van der Waals surface area contributed by atoms with Gasteiger partial charge in [0.2, 0.25) is 0 Å².